The Labute approximate surface area is 163 Å². The van der Waals surface area contributed by atoms with E-state index in [0.29, 0.717) is 6.54 Å². The Hall–Kier alpha value is -2.53. The van der Waals surface area contributed by atoms with Gasteiger partial charge in [-0.2, -0.15) is 0 Å². The summed E-state index contributed by atoms with van der Waals surface area (Å²) in [4.78, 5) is 6.61. The van der Waals surface area contributed by atoms with E-state index in [2.05, 4.69) is 77.8 Å². The minimum absolute atomic E-state index is 0.657. The van der Waals surface area contributed by atoms with Gasteiger partial charge in [0, 0.05) is 32.2 Å². The molecule has 27 heavy (non-hydrogen) atoms. The maximum atomic E-state index is 5.47. The van der Waals surface area contributed by atoms with Gasteiger partial charge in [0.2, 0.25) is 0 Å². The summed E-state index contributed by atoms with van der Waals surface area (Å²) < 4.78 is 5.47. The van der Waals surface area contributed by atoms with Crippen molar-refractivity contribution in [1.82, 2.24) is 15.5 Å². The number of methoxy groups -OCH3 is 1. The highest BCUT2D eigenvalue weighted by atomic mass is 16.5. The molecule has 0 aliphatic heterocycles. The quantitative estimate of drug-likeness (QED) is 0.554. The number of aryl methyl sites for hydroxylation is 1. The number of nitrogens with one attached hydrogen (secondary N) is 2. The average molecular weight is 369 g/mol. The maximum Gasteiger partial charge on any atom is 0.191 e. The van der Waals surface area contributed by atoms with Crippen molar-refractivity contribution in [2.75, 3.05) is 27.7 Å². The summed E-state index contributed by atoms with van der Waals surface area (Å²) in [5, 5.41) is 6.74. The molecule has 0 aliphatic rings. The molecule has 146 valence electrons. The number of benzene rings is 2. The Bertz CT molecular complexity index is 758. The van der Waals surface area contributed by atoms with Crippen molar-refractivity contribution in [3.8, 4) is 5.75 Å². The Morgan fingerprint density at radius 2 is 1.81 bits per heavy atom. The molecular weight excluding hydrogens is 336 g/mol. The monoisotopic (exact) mass is 368 g/mol. The van der Waals surface area contributed by atoms with Crippen LogP contribution in [0.5, 0.6) is 5.75 Å². The molecule has 0 saturated heterocycles. The first-order valence-corrected chi connectivity index (χ1v) is 9.40. The number of hydrogen-bond acceptors (Lipinski definition) is 3. The lowest BCUT2D eigenvalue weighted by Crippen LogP contribution is -2.36. The third kappa shape index (κ3) is 6.61. The Kier molecular flexibility index (Phi) is 8.14. The molecule has 0 atom stereocenters. The maximum absolute atomic E-state index is 5.47. The van der Waals surface area contributed by atoms with Crippen LogP contribution in [0.2, 0.25) is 0 Å². The van der Waals surface area contributed by atoms with E-state index in [1.54, 1.807) is 14.2 Å². The van der Waals surface area contributed by atoms with Crippen molar-refractivity contribution in [2.45, 2.75) is 33.5 Å². The van der Waals surface area contributed by atoms with E-state index in [4.69, 9.17) is 4.74 Å². The van der Waals surface area contributed by atoms with Crippen molar-refractivity contribution in [2.24, 2.45) is 4.99 Å². The number of rotatable bonds is 8. The van der Waals surface area contributed by atoms with E-state index in [0.717, 1.165) is 36.9 Å². The van der Waals surface area contributed by atoms with Gasteiger partial charge in [-0.3, -0.25) is 4.99 Å². The van der Waals surface area contributed by atoms with Gasteiger partial charge in [0.1, 0.15) is 5.75 Å². The Balaban J connectivity index is 1.92. The van der Waals surface area contributed by atoms with Gasteiger partial charge < -0.3 is 20.3 Å². The number of nitrogens with zero attached hydrogens (tertiary/aromatic N) is 2. The van der Waals surface area contributed by atoms with Gasteiger partial charge in [-0.1, -0.05) is 43.3 Å². The Morgan fingerprint density at radius 1 is 1.07 bits per heavy atom. The minimum atomic E-state index is 0.657. The molecule has 5 heteroatoms. The molecule has 0 bridgehead atoms. The van der Waals surface area contributed by atoms with Crippen LogP contribution >= 0.6 is 0 Å². The number of guanidine groups is 1. The molecule has 2 rings (SSSR count). The van der Waals surface area contributed by atoms with Crippen molar-refractivity contribution in [1.29, 1.82) is 0 Å². The van der Waals surface area contributed by atoms with Crippen LogP contribution in [0, 0.1) is 6.92 Å². The van der Waals surface area contributed by atoms with Crippen LogP contribution in [0.3, 0.4) is 0 Å². The fourth-order valence-electron chi connectivity index (χ4n) is 2.84. The zero-order chi connectivity index (χ0) is 19.6. The third-order valence-corrected chi connectivity index (χ3v) is 4.56. The minimum Gasteiger partial charge on any atom is -0.496 e. The number of ether oxygens (including phenoxy) is 1. The smallest absolute Gasteiger partial charge is 0.191 e. The normalized spacial score (nSPS) is 11.6. The average Bonchev–Trinajstić information content (AvgIpc) is 2.69. The van der Waals surface area contributed by atoms with Crippen molar-refractivity contribution in [3.63, 3.8) is 0 Å². The molecule has 5 nitrogen and oxygen atoms in total. The van der Waals surface area contributed by atoms with E-state index < -0.39 is 0 Å². The molecule has 0 aliphatic carbocycles. The molecule has 0 saturated carbocycles. The van der Waals surface area contributed by atoms with Crippen molar-refractivity contribution >= 4 is 5.96 Å². The molecule has 0 heterocycles. The molecule has 2 aromatic rings. The van der Waals surface area contributed by atoms with E-state index in [1.807, 2.05) is 6.07 Å². The summed E-state index contributed by atoms with van der Waals surface area (Å²) in [6.07, 6.45) is 0. The van der Waals surface area contributed by atoms with E-state index >= 15 is 0 Å². The first-order valence-electron chi connectivity index (χ1n) is 9.40. The highest BCUT2D eigenvalue weighted by Gasteiger charge is 2.05. The van der Waals surface area contributed by atoms with Gasteiger partial charge in [-0.15, -0.1) is 0 Å². The largest absolute Gasteiger partial charge is 0.496 e. The topological polar surface area (TPSA) is 48.9 Å². The fourth-order valence-corrected chi connectivity index (χ4v) is 2.84. The van der Waals surface area contributed by atoms with Crippen LogP contribution in [0.25, 0.3) is 0 Å². The predicted octanol–water partition coefficient (Wildman–Crippen LogP) is 3.32. The van der Waals surface area contributed by atoms with Gasteiger partial charge in [-0.25, -0.2) is 0 Å². The molecule has 2 N–H and O–H groups in total. The van der Waals surface area contributed by atoms with Gasteiger partial charge in [0.05, 0.1) is 7.11 Å². The van der Waals surface area contributed by atoms with Gasteiger partial charge in [0.15, 0.2) is 5.96 Å². The fraction of sp³-hybridized carbons (Fsp3) is 0.409. The van der Waals surface area contributed by atoms with Crippen LogP contribution in [0.4, 0.5) is 0 Å². The van der Waals surface area contributed by atoms with E-state index in [9.17, 15) is 0 Å². The standard InChI is InChI=1S/C22H32N4O/c1-6-26(4)16-19-9-7-8-18(13-19)14-24-22(23-3)25-15-20-11-10-17(2)12-21(20)27-5/h7-13H,6,14-16H2,1-5H3,(H2,23,24,25). The zero-order valence-electron chi connectivity index (χ0n) is 17.2. The first kappa shape index (κ1) is 20.8. The second-order valence-corrected chi connectivity index (χ2v) is 6.74. The van der Waals surface area contributed by atoms with Gasteiger partial charge in [0.25, 0.3) is 0 Å². The van der Waals surface area contributed by atoms with Crippen molar-refractivity contribution < 1.29 is 4.74 Å². The highest BCUT2D eigenvalue weighted by Crippen LogP contribution is 2.19. The predicted molar refractivity (Wildman–Crippen MR) is 113 cm³/mol. The molecule has 0 amide bonds. The summed E-state index contributed by atoms with van der Waals surface area (Å²) in [6.45, 7) is 7.63. The first-order chi connectivity index (χ1) is 13.0. The third-order valence-electron chi connectivity index (χ3n) is 4.56. The van der Waals surface area contributed by atoms with Crippen LogP contribution in [-0.4, -0.2) is 38.6 Å². The van der Waals surface area contributed by atoms with Crippen LogP contribution in [-0.2, 0) is 19.6 Å². The van der Waals surface area contributed by atoms with E-state index in [-0.39, 0.29) is 0 Å². The van der Waals surface area contributed by atoms with Crippen LogP contribution < -0.4 is 15.4 Å². The SMILES string of the molecule is CCN(C)Cc1cccc(CNC(=NC)NCc2ccc(C)cc2OC)c1. The molecule has 2 aromatic carbocycles. The van der Waals surface area contributed by atoms with Gasteiger partial charge in [-0.05, 0) is 43.3 Å². The van der Waals surface area contributed by atoms with Crippen LogP contribution in [0.15, 0.2) is 47.5 Å². The Morgan fingerprint density at radius 3 is 2.52 bits per heavy atom. The molecular formula is C22H32N4O. The van der Waals surface area contributed by atoms with Crippen molar-refractivity contribution in [3.05, 3.63) is 64.7 Å². The molecule has 0 radical (unpaired) electrons. The second kappa shape index (κ2) is 10.6. The number of hydrogen-bond donors (Lipinski definition) is 2. The molecule has 0 unspecified atom stereocenters. The summed E-state index contributed by atoms with van der Waals surface area (Å²) in [5.41, 5.74) is 4.86. The van der Waals surface area contributed by atoms with Gasteiger partial charge >= 0.3 is 0 Å². The molecule has 0 aromatic heterocycles. The molecule has 0 fully saturated rings. The lowest BCUT2D eigenvalue weighted by molar-refractivity contribution is 0.345. The highest BCUT2D eigenvalue weighted by molar-refractivity contribution is 5.79. The summed E-state index contributed by atoms with van der Waals surface area (Å²) >= 11 is 0. The lowest BCUT2D eigenvalue weighted by Gasteiger charge is -2.16. The summed E-state index contributed by atoms with van der Waals surface area (Å²) in [7, 11) is 5.62. The summed E-state index contributed by atoms with van der Waals surface area (Å²) in [5.74, 6) is 1.67. The zero-order valence-corrected chi connectivity index (χ0v) is 17.2. The second-order valence-electron chi connectivity index (χ2n) is 6.74. The lowest BCUT2D eigenvalue weighted by atomic mass is 10.1. The van der Waals surface area contributed by atoms with E-state index in [1.165, 1.54) is 16.7 Å². The summed E-state index contributed by atoms with van der Waals surface area (Å²) in [6, 6.07) is 14.9. The number of aliphatic imine (C=N–C) groups is 1. The van der Waals surface area contributed by atoms with Crippen LogP contribution in [0.1, 0.15) is 29.2 Å². The molecule has 0 spiro atoms.